The molecule has 0 N–H and O–H groups in total. The molecular weight excluding hydrogens is 603 g/mol. The molecule has 1 heterocycles. The Morgan fingerprint density at radius 1 is 0.440 bits per heavy atom. The Labute approximate surface area is 304 Å². The van der Waals surface area contributed by atoms with Gasteiger partial charge in [0.1, 0.15) is 0 Å². The van der Waals surface area contributed by atoms with Crippen molar-refractivity contribution in [2.45, 2.75) is 162 Å². The van der Waals surface area contributed by atoms with Gasteiger partial charge in [-0.25, -0.2) is 0 Å². The molecule has 0 atom stereocenters. The Hall–Kier alpha value is -3.32. The van der Waals surface area contributed by atoms with Crippen molar-refractivity contribution in [3.8, 4) is 22.3 Å². The number of hydrogen-bond donors (Lipinski definition) is 0. The maximum Gasteiger partial charge on any atom is 0.0491 e. The fourth-order valence-electron chi connectivity index (χ4n) is 9.20. The molecule has 0 fully saturated rings. The van der Waals surface area contributed by atoms with Crippen LogP contribution in [0.2, 0.25) is 0 Å². The Morgan fingerprint density at radius 3 is 1.56 bits per heavy atom. The lowest BCUT2D eigenvalue weighted by Gasteiger charge is -2.33. The van der Waals surface area contributed by atoms with E-state index in [2.05, 4.69) is 112 Å². The highest BCUT2D eigenvalue weighted by Crippen LogP contribution is 2.55. The highest BCUT2D eigenvalue weighted by molar-refractivity contribution is 6.09. The van der Waals surface area contributed by atoms with Crippen molar-refractivity contribution in [1.82, 2.24) is 4.57 Å². The van der Waals surface area contributed by atoms with Crippen LogP contribution in [0.25, 0.3) is 44.1 Å². The number of unbranched alkanes of at least 4 members (excludes halogenated alkanes) is 13. The zero-order valence-electron chi connectivity index (χ0n) is 32.3. The summed E-state index contributed by atoms with van der Waals surface area (Å²) in [4.78, 5) is 0. The molecule has 266 valence electrons. The summed E-state index contributed by atoms with van der Waals surface area (Å²) in [5, 5.41) is 2.82. The van der Waals surface area contributed by atoms with Gasteiger partial charge < -0.3 is 4.57 Å². The predicted molar refractivity (Wildman–Crippen MR) is 221 cm³/mol. The van der Waals surface area contributed by atoms with Gasteiger partial charge in [-0.1, -0.05) is 171 Å². The molecule has 4 aromatic carbocycles. The van der Waals surface area contributed by atoms with Crippen LogP contribution in [0.5, 0.6) is 0 Å². The van der Waals surface area contributed by atoms with Crippen LogP contribution in [0, 0.1) is 13.8 Å². The van der Waals surface area contributed by atoms with E-state index < -0.39 is 0 Å². The van der Waals surface area contributed by atoms with E-state index in [9.17, 15) is 0 Å². The van der Waals surface area contributed by atoms with Gasteiger partial charge >= 0.3 is 0 Å². The third-order valence-corrected chi connectivity index (χ3v) is 12.0. The molecule has 50 heavy (non-hydrogen) atoms. The molecule has 5 aromatic rings. The van der Waals surface area contributed by atoms with Gasteiger partial charge in [0, 0.05) is 33.8 Å². The van der Waals surface area contributed by atoms with Crippen molar-refractivity contribution in [1.29, 1.82) is 0 Å². The quantitative estimate of drug-likeness (QED) is 0.0728. The van der Waals surface area contributed by atoms with Gasteiger partial charge in [0.15, 0.2) is 0 Å². The minimum absolute atomic E-state index is 0.113. The first kappa shape index (κ1) is 36.5. The van der Waals surface area contributed by atoms with Crippen LogP contribution in [-0.2, 0) is 12.0 Å². The van der Waals surface area contributed by atoms with E-state index in [0.717, 1.165) is 6.54 Å². The van der Waals surface area contributed by atoms with Crippen LogP contribution in [0.1, 0.15) is 159 Å². The number of hydrogen-bond acceptors (Lipinski definition) is 0. The molecule has 0 amide bonds. The first-order chi connectivity index (χ1) is 24.5. The van der Waals surface area contributed by atoms with Crippen LogP contribution in [0.4, 0.5) is 0 Å². The van der Waals surface area contributed by atoms with Gasteiger partial charge in [0.25, 0.3) is 0 Å². The van der Waals surface area contributed by atoms with E-state index >= 15 is 0 Å². The minimum Gasteiger partial charge on any atom is -0.340 e. The van der Waals surface area contributed by atoms with Crippen molar-refractivity contribution < 1.29 is 0 Å². The first-order valence-electron chi connectivity index (χ1n) is 20.8. The third-order valence-electron chi connectivity index (χ3n) is 12.0. The normalized spacial score (nSPS) is 13.4. The summed E-state index contributed by atoms with van der Waals surface area (Å²) in [5.74, 6) is 0. The van der Waals surface area contributed by atoms with Crippen LogP contribution < -0.4 is 0 Å². The molecule has 0 saturated carbocycles. The SMILES string of the molecule is CCCCCCCCCCn1c2ccc(C)cc2c2cc(-c3ccc4c(c3)C(CCCCCC)(CCCCCC)c3cc(C)ccc3-4)ccc21. The van der Waals surface area contributed by atoms with E-state index in [4.69, 9.17) is 0 Å². The van der Waals surface area contributed by atoms with E-state index in [1.807, 2.05) is 0 Å². The molecule has 0 unspecified atom stereocenters. The molecule has 0 saturated heterocycles. The minimum atomic E-state index is 0.113. The lowest BCUT2D eigenvalue weighted by atomic mass is 9.70. The summed E-state index contributed by atoms with van der Waals surface area (Å²) in [5.41, 5.74) is 14.5. The first-order valence-corrected chi connectivity index (χ1v) is 20.8. The smallest absolute Gasteiger partial charge is 0.0491 e. The van der Waals surface area contributed by atoms with Crippen LogP contribution >= 0.6 is 0 Å². The van der Waals surface area contributed by atoms with Crippen molar-refractivity contribution in [2.75, 3.05) is 0 Å². The maximum absolute atomic E-state index is 2.62. The number of aromatic nitrogens is 1. The Bertz CT molecular complexity index is 1840. The Balaban J connectivity index is 1.35. The van der Waals surface area contributed by atoms with Crippen LogP contribution in [0.15, 0.2) is 72.8 Å². The fraction of sp³-hybridized carbons (Fsp3) is 0.510. The van der Waals surface area contributed by atoms with Gasteiger partial charge in [-0.3, -0.25) is 0 Å². The summed E-state index contributed by atoms with van der Waals surface area (Å²) >= 11 is 0. The van der Waals surface area contributed by atoms with Crippen molar-refractivity contribution in [3.63, 3.8) is 0 Å². The zero-order chi connectivity index (χ0) is 34.9. The number of benzene rings is 4. The Morgan fingerprint density at radius 2 is 0.900 bits per heavy atom. The molecule has 1 nitrogen and oxygen atoms in total. The molecule has 6 rings (SSSR count). The molecule has 0 bridgehead atoms. The summed E-state index contributed by atoms with van der Waals surface area (Å²) in [7, 11) is 0. The molecule has 1 aliphatic rings. The second-order valence-electron chi connectivity index (χ2n) is 15.9. The number of nitrogens with zero attached hydrogens (tertiary/aromatic N) is 1. The van der Waals surface area contributed by atoms with Gasteiger partial charge in [-0.15, -0.1) is 0 Å². The maximum atomic E-state index is 2.62. The van der Waals surface area contributed by atoms with E-state index in [1.165, 1.54) is 171 Å². The standard InChI is InChI=1S/C49H65N/c1-6-9-12-15-16-17-18-21-32-50-47-28-23-37(4)33-43(47)44-35-39(25-29-48(44)50)40-24-27-42-41-26-22-38(5)34-45(41)49(46(42)36-40,30-19-13-10-7-2)31-20-14-11-8-3/h22-29,33-36H,6-21,30-32H2,1-5H3. The van der Waals surface area contributed by atoms with Crippen molar-refractivity contribution in [3.05, 3.63) is 95.1 Å². The largest absolute Gasteiger partial charge is 0.340 e. The van der Waals surface area contributed by atoms with Crippen molar-refractivity contribution in [2.24, 2.45) is 0 Å². The predicted octanol–water partition coefficient (Wildman–Crippen LogP) is 15.4. The van der Waals surface area contributed by atoms with Gasteiger partial charge in [0.2, 0.25) is 0 Å². The molecular formula is C49H65N. The number of fused-ring (bicyclic) bond motifs is 6. The topological polar surface area (TPSA) is 4.93 Å². The molecule has 1 heteroatoms. The van der Waals surface area contributed by atoms with Gasteiger partial charge in [-0.05, 0) is 96.8 Å². The van der Waals surface area contributed by atoms with Crippen molar-refractivity contribution >= 4 is 21.8 Å². The summed E-state index contributed by atoms with van der Waals surface area (Å²) in [6, 6.07) is 29.3. The molecule has 0 radical (unpaired) electrons. The lowest BCUT2D eigenvalue weighted by Crippen LogP contribution is -2.25. The highest BCUT2D eigenvalue weighted by atomic mass is 15.0. The van der Waals surface area contributed by atoms with E-state index in [-0.39, 0.29) is 5.41 Å². The number of rotatable bonds is 20. The zero-order valence-corrected chi connectivity index (χ0v) is 32.3. The average molecular weight is 668 g/mol. The molecule has 1 aromatic heterocycles. The van der Waals surface area contributed by atoms with Gasteiger partial charge in [-0.2, -0.15) is 0 Å². The van der Waals surface area contributed by atoms with Crippen LogP contribution in [0.3, 0.4) is 0 Å². The highest BCUT2D eigenvalue weighted by Gasteiger charge is 2.42. The third kappa shape index (κ3) is 7.78. The molecule has 0 aliphatic heterocycles. The second-order valence-corrected chi connectivity index (χ2v) is 15.9. The molecule has 1 aliphatic carbocycles. The van der Waals surface area contributed by atoms with Gasteiger partial charge in [0.05, 0.1) is 0 Å². The molecule has 0 spiro atoms. The van der Waals surface area contributed by atoms with Crippen LogP contribution in [-0.4, -0.2) is 4.57 Å². The Kier molecular flexibility index (Phi) is 12.6. The summed E-state index contributed by atoms with van der Waals surface area (Å²) in [6.07, 6.45) is 23.9. The second kappa shape index (κ2) is 17.3. The van der Waals surface area contributed by atoms with E-state index in [0.29, 0.717) is 0 Å². The fourth-order valence-corrected chi connectivity index (χ4v) is 9.20. The average Bonchev–Trinajstić information content (AvgIpc) is 3.57. The summed E-state index contributed by atoms with van der Waals surface area (Å²) in [6.45, 7) is 12.6. The van der Waals surface area contributed by atoms with E-state index in [1.54, 1.807) is 11.1 Å². The lowest BCUT2D eigenvalue weighted by molar-refractivity contribution is 0.401. The summed E-state index contributed by atoms with van der Waals surface area (Å²) < 4.78 is 2.62. The number of aryl methyl sites for hydroxylation is 3. The monoisotopic (exact) mass is 668 g/mol.